The molecule has 0 aromatic carbocycles. The molecule has 116 valence electrons. The van der Waals surface area contributed by atoms with Crippen LogP contribution >= 0.6 is 22.7 Å². The minimum Gasteiger partial charge on any atom is -0.451 e. The van der Waals surface area contributed by atoms with Crippen molar-refractivity contribution in [3.8, 4) is 0 Å². The van der Waals surface area contributed by atoms with E-state index >= 15 is 0 Å². The lowest BCUT2D eigenvalue weighted by molar-refractivity contribution is -0.124. The number of aryl methyl sites for hydroxylation is 2. The molecule has 2 aromatic heterocycles. The Hall–Kier alpha value is -1.66. The fraction of sp³-hybridized carbons (Fsp3) is 0.375. The molecule has 0 unspecified atom stereocenters. The third kappa shape index (κ3) is 3.75. The number of carbonyl (C=O) groups excluding carboxylic acids is 2. The Bertz CT molecular complexity index is 639. The van der Waals surface area contributed by atoms with E-state index in [1.807, 2.05) is 23.6 Å². The maximum Gasteiger partial charge on any atom is 0.348 e. The first-order valence-corrected chi connectivity index (χ1v) is 9.00. The van der Waals surface area contributed by atoms with Crippen LogP contribution in [-0.4, -0.2) is 25.0 Å². The van der Waals surface area contributed by atoms with Crippen molar-refractivity contribution in [1.82, 2.24) is 5.32 Å². The molecule has 4 nitrogen and oxygen atoms in total. The molecule has 2 aromatic rings. The van der Waals surface area contributed by atoms with E-state index in [2.05, 4.69) is 5.32 Å². The molecule has 1 aliphatic rings. The van der Waals surface area contributed by atoms with Gasteiger partial charge < -0.3 is 10.1 Å². The monoisotopic (exact) mass is 335 g/mol. The van der Waals surface area contributed by atoms with Gasteiger partial charge in [-0.25, -0.2) is 4.79 Å². The Labute approximate surface area is 137 Å². The standard InChI is InChI=1S/C16H17NO3S2/c18-15(17-7-6-12-4-2-8-21-12)10-20-16(19)14-9-11-3-1-5-13(11)22-14/h2,4,8-9H,1,3,5-7,10H2,(H,17,18). The van der Waals surface area contributed by atoms with Crippen LogP contribution in [0.3, 0.4) is 0 Å². The highest BCUT2D eigenvalue weighted by molar-refractivity contribution is 7.14. The first kappa shape index (κ1) is 15.2. The average Bonchev–Trinajstić information content (AvgIpc) is 3.20. The Kier molecular flexibility index (Phi) is 4.90. The van der Waals surface area contributed by atoms with E-state index in [0.717, 1.165) is 19.3 Å². The maximum absolute atomic E-state index is 11.9. The summed E-state index contributed by atoms with van der Waals surface area (Å²) < 4.78 is 5.08. The Morgan fingerprint density at radius 2 is 2.23 bits per heavy atom. The van der Waals surface area contributed by atoms with E-state index < -0.39 is 5.97 Å². The van der Waals surface area contributed by atoms with Crippen molar-refractivity contribution in [1.29, 1.82) is 0 Å². The molecule has 0 spiro atoms. The molecule has 1 aliphatic carbocycles. The van der Waals surface area contributed by atoms with Crippen molar-refractivity contribution in [3.63, 3.8) is 0 Å². The topological polar surface area (TPSA) is 55.4 Å². The van der Waals surface area contributed by atoms with Gasteiger partial charge in [0.15, 0.2) is 6.61 Å². The highest BCUT2D eigenvalue weighted by atomic mass is 32.1. The van der Waals surface area contributed by atoms with Gasteiger partial charge in [0.05, 0.1) is 0 Å². The van der Waals surface area contributed by atoms with E-state index in [-0.39, 0.29) is 12.5 Å². The van der Waals surface area contributed by atoms with Gasteiger partial charge in [0.25, 0.3) is 5.91 Å². The summed E-state index contributed by atoms with van der Waals surface area (Å²) in [6.45, 7) is 0.343. The van der Waals surface area contributed by atoms with Crippen LogP contribution in [0.2, 0.25) is 0 Å². The number of amides is 1. The molecule has 1 N–H and O–H groups in total. The van der Waals surface area contributed by atoms with Crippen LogP contribution in [0.15, 0.2) is 23.6 Å². The molecular weight excluding hydrogens is 318 g/mol. The first-order chi connectivity index (χ1) is 10.7. The van der Waals surface area contributed by atoms with Gasteiger partial charge in [0.1, 0.15) is 4.88 Å². The molecule has 22 heavy (non-hydrogen) atoms. The SMILES string of the molecule is O=C(COC(=O)c1cc2c(s1)CCC2)NCCc1cccs1. The normalized spacial score (nSPS) is 12.9. The van der Waals surface area contributed by atoms with Crippen molar-refractivity contribution in [2.24, 2.45) is 0 Å². The highest BCUT2D eigenvalue weighted by Gasteiger charge is 2.19. The quantitative estimate of drug-likeness (QED) is 0.826. The summed E-state index contributed by atoms with van der Waals surface area (Å²) in [5, 5.41) is 4.77. The molecular formula is C16H17NO3S2. The van der Waals surface area contributed by atoms with Crippen LogP contribution in [0.1, 0.15) is 31.4 Å². The second kappa shape index (κ2) is 7.07. The second-order valence-electron chi connectivity index (χ2n) is 5.17. The van der Waals surface area contributed by atoms with Crippen LogP contribution in [0.4, 0.5) is 0 Å². The molecule has 3 rings (SSSR count). The van der Waals surface area contributed by atoms with Crippen LogP contribution in [0.25, 0.3) is 0 Å². The van der Waals surface area contributed by atoms with Gasteiger partial charge in [-0.2, -0.15) is 0 Å². The predicted octanol–water partition coefficient (Wildman–Crippen LogP) is 2.81. The number of hydrogen-bond donors (Lipinski definition) is 1. The van der Waals surface area contributed by atoms with E-state index in [4.69, 9.17) is 4.74 Å². The average molecular weight is 335 g/mol. The van der Waals surface area contributed by atoms with E-state index in [1.165, 1.54) is 33.1 Å². The zero-order chi connectivity index (χ0) is 15.4. The van der Waals surface area contributed by atoms with Crippen molar-refractivity contribution in [3.05, 3.63) is 43.8 Å². The molecule has 0 fully saturated rings. The Morgan fingerprint density at radius 1 is 1.32 bits per heavy atom. The molecule has 0 aliphatic heterocycles. The molecule has 0 bridgehead atoms. The van der Waals surface area contributed by atoms with Gasteiger partial charge in [-0.05, 0) is 48.8 Å². The lowest BCUT2D eigenvalue weighted by Gasteiger charge is -2.05. The molecule has 1 amide bonds. The van der Waals surface area contributed by atoms with E-state index in [9.17, 15) is 9.59 Å². The fourth-order valence-corrected chi connectivity index (χ4v) is 4.32. The second-order valence-corrected chi connectivity index (χ2v) is 7.34. The van der Waals surface area contributed by atoms with Gasteiger partial charge in [-0.15, -0.1) is 22.7 Å². The van der Waals surface area contributed by atoms with Crippen LogP contribution in [-0.2, 0) is 28.8 Å². The number of fused-ring (bicyclic) bond motifs is 1. The first-order valence-electron chi connectivity index (χ1n) is 7.30. The number of nitrogens with one attached hydrogen (secondary N) is 1. The van der Waals surface area contributed by atoms with Crippen molar-refractivity contribution >= 4 is 34.6 Å². The lowest BCUT2D eigenvalue weighted by atomic mass is 10.2. The summed E-state index contributed by atoms with van der Waals surface area (Å²) in [6, 6.07) is 5.93. The number of carbonyl (C=O) groups is 2. The van der Waals surface area contributed by atoms with Gasteiger partial charge in [-0.1, -0.05) is 6.07 Å². The fourth-order valence-electron chi connectivity index (χ4n) is 2.46. The van der Waals surface area contributed by atoms with Gasteiger partial charge in [0, 0.05) is 16.3 Å². The number of esters is 1. The highest BCUT2D eigenvalue weighted by Crippen LogP contribution is 2.30. The van der Waals surface area contributed by atoms with Crippen molar-refractivity contribution in [2.45, 2.75) is 25.7 Å². The number of ether oxygens (including phenoxy) is 1. The smallest absolute Gasteiger partial charge is 0.348 e. The minimum atomic E-state index is -0.396. The molecule has 0 saturated heterocycles. The summed E-state index contributed by atoms with van der Waals surface area (Å²) in [6.07, 6.45) is 4.07. The molecule has 0 radical (unpaired) electrons. The lowest BCUT2D eigenvalue weighted by Crippen LogP contribution is -2.30. The van der Waals surface area contributed by atoms with Crippen molar-refractivity contribution in [2.75, 3.05) is 13.2 Å². The van der Waals surface area contributed by atoms with E-state index in [1.54, 1.807) is 11.3 Å². The number of thiophene rings is 2. The van der Waals surface area contributed by atoms with Crippen LogP contribution in [0.5, 0.6) is 0 Å². The predicted molar refractivity (Wildman–Crippen MR) is 87.7 cm³/mol. The third-order valence-corrected chi connectivity index (χ3v) is 5.71. The molecule has 0 atom stereocenters. The molecule has 6 heteroatoms. The van der Waals surface area contributed by atoms with Gasteiger partial charge in [0.2, 0.25) is 0 Å². The third-order valence-electron chi connectivity index (χ3n) is 3.56. The minimum absolute atomic E-state index is 0.216. The Morgan fingerprint density at radius 3 is 3.00 bits per heavy atom. The molecule has 2 heterocycles. The summed E-state index contributed by atoms with van der Waals surface area (Å²) in [5.74, 6) is -0.651. The summed E-state index contributed by atoms with van der Waals surface area (Å²) in [5.41, 5.74) is 1.26. The largest absolute Gasteiger partial charge is 0.451 e. The Balaban J connectivity index is 1.39. The zero-order valence-electron chi connectivity index (χ0n) is 12.1. The van der Waals surface area contributed by atoms with Crippen molar-refractivity contribution < 1.29 is 14.3 Å². The molecule has 0 saturated carbocycles. The number of hydrogen-bond acceptors (Lipinski definition) is 5. The van der Waals surface area contributed by atoms with Crippen LogP contribution < -0.4 is 5.32 Å². The summed E-state index contributed by atoms with van der Waals surface area (Å²) >= 11 is 3.16. The summed E-state index contributed by atoms with van der Waals surface area (Å²) in [7, 11) is 0. The van der Waals surface area contributed by atoms with Gasteiger partial charge in [-0.3, -0.25) is 4.79 Å². The number of rotatable bonds is 6. The zero-order valence-corrected chi connectivity index (χ0v) is 13.7. The van der Waals surface area contributed by atoms with Crippen LogP contribution in [0, 0.1) is 0 Å². The maximum atomic E-state index is 11.9. The van der Waals surface area contributed by atoms with E-state index in [0.29, 0.717) is 11.4 Å². The van der Waals surface area contributed by atoms with Gasteiger partial charge >= 0.3 is 5.97 Å². The summed E-state index contributed by atoms with van der Waals surface area (Å²) in [4.78, 5) is 26.7.